The van der Waals surface area contributed by atoms with Crippen LogP contribution in [-0.4, -0.2) is 15.9 Å². The Balaban J connectivity index is 1.74. The van der Waals surface area contributed by atoms with Crippen LogP contribution >= 0.6 is 31.9 Å². The highest BCUT2D eigenvalue weighted by Gasteiger charge is 2.56. The summed E-state index contributed by atoms with van der Waals surface area (Å²) in [6, 6.07) is 2.00. The Bertz CT molecular complexity index is 418. The Morgan fingerprint density at radius 1 is 1.29 bits per heavy atom. The number of aromatic nitrogens is 1. The summed E-state index contributed by atoms with van der Waals surface area (Å²) in [6.07, 6.45) is 10.4. The van der Waals surface area contributed by atoms with E-state index < -0.39 is 0 Å². The number of hydrogen-bond acceptors (Lipinski definition) is 2. The van der Waals surface area contributed by atoms with Crippen molar-refractivity contribution < 1.29 is 4.74 Å². The van der Waals surface area contributed by atoms with Crippen molar-refractivity contribution in [2.45, 2.75) is 43.0 Å². The summed E-state index contributed by atoms with van der Waals surface area (Å²) in [5, 5.41) is 0. The normalized spacial score (nSPS) is 30.2. The van der Waals surface area contributed by atoms with Gasteiger partial charge in [-0.1, -0.05) is 28.8 Å². The molecule has 0 aliphatic heterocycles. The average Bonchev–Trinajstić information content (AvgIpc) is 2.80. The van der Waals surface area contributed by atoms with Gasteiger partial charge in [0.05, 0.1) is 6.20 Å². The molecule has 2 atom stereocenters. The lowest BCUT2D eigenvalue weighted by atomic mass is 9.64. The van der Waals surface area contributed by atoms with Gasteiger partial charge in [-0.3, -0.25) is 4.98 Å². The zero-order chi connectivity index (χ0) is 11.9. The van der Waals surface area contributed by atoms with Crippen LogP contribution in [0.4, 0.5) is 0 Å². The second kappa shape index (κ2) is 4.54. The number of alkyl halides is 1. The minimum Gasteiger partial charge on any atom is -0.488 e. The Morgan fingerprint density at radius 3 is 2.71 bits per heavy atom. The van der Waals surface area contributed by atoms with Gasteiger partial charge in [-0.15, -0.1) is 0 Å². The molecule has 2 fully saturated rings. The molecule has 0 bridgehead atoms. The fraction of sp³-hybridized carbons (Fsp3) is 0.615. The van der Waals surface area contributed by atoms with Gasteiger partial charge in [-0.25, -0.2) is 0 Å². The minimum atomic E-state index is 0.366. The van der Waals surface area contributed by atoms with Gasteiger partial charge in [0.15, 0.2) is 0 Å². The van der Waals surface area contributed by atoms with Crippen LogP contribution in [0.1, 0.15) is 32.1 Å². The van der Waals surface area contributed by atoms with E-state index in [1.807, 2.05) is 6.07 Å². The smallest absolute Gasteiger partial charge is 0.139 e. The molecule has 92 valence electrons. The second-order valence-corrected chi connectivity index (χ2v) is 7.11. The van der Waals surface area contributed by atoms with Crippen LogP contribution in [0.3, 0.4) is 0 Å². The molecule has 1 aromatic rings. The second-order valence-electron chi connectivity index (χ2n) is 5.09. The first-order valence-corrected chi connectivity index (χ1v) is 7.83. The van der Waals surface area contributed by atoms with Crippen molar-refractivity contribution in [3.05, 3.63) is 22.9 Å². The Morgan fingerprint density at radius 2 is 2.06 bits per heavy atom. The number of hydrogen-bond donors (Lipinski definition) is 0. The van der Waals surface area contributed by atoms with Gasteiger partial charge in [-0.05, 0) is 41.3 Å². The zero-order valence-corrected chi connectivity index (χ0v) is 12.7. The number of rotatable bonds is 2. The van der Waals surface area contributed by atoms with Gasteiger partial charge in [0.1, 0.15) is 11.9 Å². The van der Waals surface area contributed by atoms with Crippen LogP contribution in [0.2, 0.25) is 0 Å². The molecule has 4 heteroatoms. The van der Waals surface area contributed by atoms with E-state index in [0.717, 1.165) is 16.6 Å². The molecule has 0 amide bonds. The summed E-state index contributed by atoms with van der Waals surface area (Å²) in [4.78, 5) is 4.79. The largest absolute Gasteiger partial charge is 0.488 e. The molecule has 17 heavy (non-hydrogen) atoms. The van der Waals surface area contributed by atoms with Crippen molar-refractivity contribution in [1.29, 1.82) is 0 Å². The Kier molecular flexibility index (Phi) is 3.20. The monoisotopic (exact) mass is 359 g/mol. The Hall–Kier alpha value is -0.0900. The third kappa shape index (κ3) is 2.03. The lowest BCUT2D eigenvalue weighted by molar-refractivity contribution is -0.0306. The fourth-order valence-corrected chi connectivity index (χ4v) is 4.59. The first kappa shape index (κ1) is 12.0. The highest BCUT2D eigenvalue weighted by molar-refractivity contribution is 9.10. The molecule has 2 unspecified atom stereocenters. The van der Waals surface area contributed by atoms with Crippen LogP contribution in [0.25, 0.3) is 0 Å². The van der Waals surface area contributed by atoms with E-state index in [2.05, 4.69) is 36.8 Å². The number of ether oxygens (including phenoxy) is 1. The van der Waals surface area contributed by atoms with Crippen molar-refractivity contribution in [2.75, 3.05) is 0 Å². The SMILES string of the molecule is Brc1cncc(OC2CC(Br)C23CCCC3)c1. The quantitative estimate of drug-likeness (QED) is 0.732. The third-order valence-corrected chi connectivity index (χ3v) is 5.90. The zero-order valence-electron chi connectivity index (χ0n) is 9.53. The van der Waals surface area contributed by atoms with E-state index in [1.165, 1.54) is 25.7 Å². The van der Waals surface area contributed by atoms with E-state index in [9.17, 15) is 0 Å². The van der Waals surface area contributed by atoms with E-state index >= 15 is 0 Å². The first-order valence-electron chi connectivity index (χ1n) is 6.12. The summed E-state index contributed by atoms with van der Waals surface area (Å²) in [5.41, 5.74) is 0.391. The first-order chi connectivity index (χ1) is 8.21. The molecular formula is C13H15Br2NO. The highest BCUT2D eigenvalue weighted by atomic mass is 79.9. The van der Waals surface area contributed by atoms with Crippen molar-refractivity contribution in [3.8, 4) is 5.75 Å². The van der Waals surface area contributed by atoms with Gasteiger partial charge in [0.25, 0.3) is 0 Å². The molecule has 2 nitrogen and oxygen atoms in total. The summed E-state index contributed by atoms with van der Waals surface area (Å²) in [6.45, 7) is 0. The topological polar surface area (TPSA) is 22.1 Å². The van der Waals surface area contributed by atoms with Crippen molar-refractivity contribution in [1.82, 2.24) is 4.98 Å². The van der Waals surface area contributed by atoms with Crippen molar-refractivity contribution in [2.24, 2.45) is 5.41 Å². The molecule has 0 aromatic carbocycles. The number of nitrogens with zero attached hydrogens (tertiary/aromatic N) is 1. The molecule has 0 saturated heterocycles. The van der Waals surface area contributed by atoms with Gasteiger partial charge in [-0.2, -0.15) is 0 Å². The van der Waals surface area contributed by atoms with E-state index in [1.54, 1.807) is 12.4 Å². The van der Waals surface area contributed by atoms with Crippen LogP contribution in [0.5, 0.6) is 5.75 Å². The number of halogens is 2. The highest BCUT2D eigenvalue weighted by Crippen LogP contribution is 2.57. The number of pyridine rings is 1. The molecule has 2 aliphatic rings. The average molecular weight is 361 g/mol. The fourth-order valence-electron chi connectivity index (χ4n) is 3.15. The summed E-state index contributed by atoms with van der Waals surface area (Å²) in [7, 11) is 0. The lowest BCUT2D eigenvalue weighted by Gasteiger charge is -2.51. The summed E-state index contributed by atoms with van der Waals surface area (Å²) < 4.78 is 7.09. The van der Waals surface area contributed by atoms with Crippen LogP contribution < -0.4 is 4.74 Å². The van der Waals surface area contributed by atoms with Gasteiger partial charge >= 0.3 is 0 Å². The predicted molar refractivity (Wildman–Crippen MR) is 74.6 cm³/mol. The maximum absolute atomic E-state index is 6.12. The molecule has 0 N–H and O–H groups in total. The maximum Gasteiger partial charge on any atom is 0.139 e. The molecule has 1 spiro atoms. The van der Waals surface area contributed by atoms with Crippen LogP contribution in [-0.2, 0) is 0 Å². The molecule has 3 rings (SSSR count). The van der Waals surface area contributed by atoms with Crippen molar-refractivity contribution >= 4 is 31.9 Å². The molecule has 2 saturated carbocycles. The van der Waals surface area contributed by atoms with Crippen LogP contribution in [0.15, 0.2) is 22.9 Å². The molecule has 1 heterocycles. The lowest BCUT2D eigenvalue weighted by Crippen LogP contribution is -2.55. The Labute approximate surface area is 118 Å². The van der Waals surface area contributed by atoms with E-state index in [-0.39, 0.29) is 0 Å². The molecule has 2 aliphatic carbocycles. The van der Waals surface area contributed by atoms with Crippen LogP contribution in [0, 0.1) is 5.41 Å². The van der Waals surface area contributed by atoms with Gasteiger partial charge in [0.2, 0.25) is 0 Å². The standard InChI is InChI=1S/C13H15Br2NO/c14-9-5-10(8-16-7-9)17-12-6-11(15)13(12)3-1-2-4-13/h5,7-8,11-12H,1-4,6H2. The third-order valence-electron chi connectivity index (χ3n) is 4.18. The minimum absolute atomic E-state index is 0.366. The summed E-state index contributed by atoms with van der Waals surface area (Å²) >= 11 is 7.23. The van der Waals surface area contributed by atoms with E-state index in [0.29, 0.717) is 16.3 Å². The van der Waals surface area contributed by atoms with E-state index in [4.69, 9.17) is 4.74 Å². The maximum atomic E-state index is 6.12. The molecule has 1 aromatic heterocycles. The predicted octanol–water partition coefficient (Wildman–Crippen LogP) is 4.32. The van der Waals surface area contributed by atoms with Gasteiger partial charge < -0.3 is 4.74 Å². The molecular weight excluding hydrogens is 346 g/mol. The summed E-state index contributed by atoms with van der Waals surface area (Å²) in [5.74, 6) is 0.884. The van der Waals surface area contributed by atoms with Crippen molar-refractivity contribution in [3.63, 3.8) is 0 Å². The molecule has 0 radical (unpaired) electrons. The van der Waals surface area contributed by atoms with Gasteiger partial charge in [0, 0.05) is 20.9 Å².